The maximum atomic E-state index is 8.65. The zero-order valence-corrected chi connectivity index (χ0v) is 8.18. The van der Waals surface area contributed by atoms with E-state index in [1.165, 1.54) is 0 Å². The van der Waals surface area contributed by atoms with Gasteiger partial charge in [0.2, 0.25) is 0 Å². The van der Waals surface area contributed by atoms with Gasteiger partial charge in [-0.3, -0.25) is 0 Å². The van der Waals surface area contributed by atoms with Crippen molar-refractivity contribution in [2.45, 2.75) is 0 Å². The second kappa shape index (κ2) is 3.70. The van der Waals surface area contributed by atoms with Gasteiger partial charge in [-0.25, -0.2) is 0 Å². The molecule has 0 aliphatic heterocycles. The van der Waals surface area contributed by atoms with Crippen LogP contribution in [0.4, 0.5) is 11.4 Å². The molecule has 1 aromatic carbocycles. The van der Waals surface area contributed by atoms with E-state index in [9.17, 15) is 0 Å². The lowest BCUT2D eigenvalue weighted by atomic mass is 10.2. The maximum absolute atomic E-state index is 8.65. The topological polar surface area (TPSA) is 86.4 Å². The minimum atomic E-state index is -0.0237. The Bertz CT molecular complexity index is 479. The fourth-order valence-corrected chi connectivity index (χ4v) is 1.44. The number of nitrogens with two attached hydrogens (primary N) is 2. The van der Waals surface area contributed by atoms with Crippen LogP contribution < -0.4 is 16.3 Å². The molecule has 0 unspecified atom stereocenters. The predicted molar refractivity (Wildman–Crippen MR) is 59.3 cm³/mol. The van der Waals surface area contributed by atoms with E-state index in [1.54, 1.807) is 23.1 Å². The van der Waals surface area contributed by atoms with Gasteiger partial charge in [0.15, 0.2) is 0 Å². The lowest BCUT2D eigenvalue weighted by molar-refractivity contribution is 0.0832. The second-order valence-corrected chi connectivity index (χ2v) is 3.24. The third-order valence-electron chi connectivity index (χ3n) is 2.18. The fraction of sp³-hybridized carbons (Fsp3) is 0.200. The molecule has 1 aromatic heterocycles. The van der Waals surface area contributed by atoms with E-state index in [0.29, 0.717) is 11.4 Å². The van der Waals surface area contributed by atoms with Crippen LogP contribution in [-0.2, 0) is 0 Å². The van der Waals surface area contributed by atoms with Crippen LogP contribution in [0.3, 0.4) is 0 Å². The summed E-state index contributed by atoms with van der Waals surface area (Å²) in [7, 11) is 0. The zero-order valence-electron chi connectivity index (χ0n) is 8.18. The molecule has 0 atom stereocenters. The Hall–Kier alpha value is -1.88. The quantitative estimate of drug-likeness (QED) is 0.629. The Morgan fingerprint density at radius 1 is 1.27 bits per heavy atom. The molecule has 15 heavy (non-hydrogen) atoms. The molecular formula is C10H13N3O2. The van der Waals surface area contributed by atoms with Gasteiger partial charge in [0, 0.05) is 11.6 Å². The molecule has 2 aromatic rings. The van der Waals surface area contributed by atoms with Crippen molar-refractivity contribution in [1.29, 1.82) is 0 Å². The van der Waals surface area contributed by atoms with Gasteiger partial charge in [0.1, 0.15) is 6.61 Å². The van der Waals surface area contributed by atoms with Crippen molar-refractivity contribution >= 4 is 22.3 Å². The van der Waals surface area contributed by atoms with Crippen LogP contribution in [0.5, 0.6) is 0 Å². The van der Waals surface area contributed by atoms with Gasteiger partial charge in [0.25, 0.3) is 0 Å². The van der Waals surface area contributed by atoms with Gasteiger partial charge in [-0.05, 0) is 18.2 Å². The van der Waals surface area contributed by atoms with Crippen LogP contribution in [0.1, 0.15) is 0 Å². The second-order valence-electron chi connectivity index (χ2n) is 3.24. The minimum absolute atomic E-state index is 0.0237. The highest BCUT2D eigenvalue weighted by Gasteiger charge is 2.04. The highest BCUT2D eigenvalue weighted by molar-refractivity contribution is 5.88. The van der Waals surface area contributed by atoms with E-state index >= 15 is 0 Å². The average molecular weight is 207 g/mol. The number of fused-ring (bicyclic) bond motifs is 1. The molecule has 1 heterocycles. The SMILES string of the molecule is Nc1cc2ccn(OCCO)c2cc1N. The standard InChI is InChI=1S/C10H13N3O2/c11-8-5-7-1-2-13(15-4-3-14)10(7)6-9(8)12/h1-2,5-6,14H,3-4,11-12H2. The van der Waals surface area contributed by atoms with Gasteiger partial charge >= 0.3 is 0 Å². The average Bonchev–Trinajstić information content (AvgIpc) is 2.59. The zero-order chi connectivity index (χ0) is 10.8. The maximum Gasteiger partial charge on any atom is 0.138 e. The first kappa shape index (κ1) is 9.67. The van der Waals surface area contributed by atoms with Crippen molar-refractivity contribution in [1.82, 2.24) is 4.73 Å². The van der Waals surface area contributed by atoms with Gasteiger partial charge in [-0.1, -0.05) is 0 Å². The molecule has 2 rings (SSSR count). The minimum Gasteiger partial charge on any atom is -0.411 e. The van der Waals surface area contributed by atoms with Crippen molar-refractivity contribution in [3.8, 4) is 0 Å². The van der Waals surface area contributed by atoms with E-state index in [1.807, 2.05) is 6.07 Å². The summed E-state index contributed by atoms with van der Waals surface area (Å²) < 4.78 is 1.57. The summed E-state index contributed by atoms with van der Waals surface area (Å²) in [6.45, 7) is 0.220. The number of aromatic nitrogens is 1. The van der Waals surface area contributed by atoms with Gasteiger partial charge in [0.05, 0.1) is 23.5 Å². The van der Waals surface area contributed by atoms with Gasteiger partial charge in [-0.2, -0.15) is 4.73 Å². The van der Waals surface area contributed by atoms with Crippen molar-refractivity contribution in [2.24, 2.45) is 0 Å². The highest BCUT2D eigenvalue weighted by Crippen LogP contribution is 2.23. The van der Waals surface area contributed by atoms with Crippen molar-refractivity contribution in [3.05, 3.63) is 24.4 Å². The predicted octanol–water partition coefficient (Wildman–Crippen LogP) is 0.227. The monoisotopic (exact) mass is 207 g/mol. The summed E-state index contributed by atoms with van der Waals surface area (Å²) in [5.41, 5.74) is 13.3. The Kier molecular flexibility index (Phi) is 2.39. The first-order valence-electron chi connectivity index (χ1n) is 4.62. The van der Waals surface area contributed by atoms with Crippen molar-refractivity contribution in [3.63, 3.8) is 0 Å². The van der Waals surface area contributed by atoms with E-state index in [-0.39, 0.29) is 13.2 Å². The summed E-state index contributed by atoms with van der Waals surface area (Å²) in [6, 6.07) is 5.42. The largest absolute Gasteiger partial charge is 0.411 e. The Labute approximate surface area is 86.8 Å². The molecule has 5 N–H and O–H groups in total. The highest BCUT2D eigenvalue weighted by atomic mass is 16.7. The Balaban J connectivity index is 2.45. The smallest absolute Gasteiger partial charge is 0.138 e. The number of benzene rings is 1. The number of aliphatic hydroxyl groups excluding tert-OH is 1. The van der Waals surface area contributed by atoms with E-state index < -0.39 is 0 Å². The lowest BCUT2D eigenvalue weighted by Crippen LogP contribution is -2.14. The molecule has 0 radical (unpaired) electrons. The number of rotatable bonds is 3. The molecule has 0 saturated carbocycles. The molecule has 0 bridgehead atoms. The molecule has 0 aliphatic carbocycles. The summed E-state index contributed by atoms with van der Waals surface area (Å²) in [5, 5.41) is 9.61. The first-order chi connectivity index (χ1) is 7.22. The van der Waals surface area contributed by atoms with E-state index in [0.717, 1.165) is 10.9 Å². The molecule has 0 amide bonds. The first-order valence-corrected chi connectivity index (χ1v) is 4.62. The molecule has 5 nitrogen and oxygen atoms in total. The van der Waals surface area contributed by atoms with E-state index in [4.69, 9.17) is 21.4 Å². The molecule has 80 valence electrons. The van der Waals surface area contributed by atoms with Gasteiger partial charge < -0.3 is 21.4 Å². The Morgan fingerprint density at radius 2 is 2.00 bits per heavy atom. The van der Waals surface area contributed by atoms with Crippen LogP contribution in [-0.4, -0.2) is 23.1 Å². The van der Waals surface area contributed by atoms with Crippen LogP contribution in [0, 0.1) is 0 Å². The molecule has 0 aliphatic rings. The molecule has 5 heteroatoms. The van der Waals surface area contributed by atoms with E-state index in [2.05, 4.69) is 0 Å². The number of hydrogen-bond acceptors (Lipinski definition) is 4. The van der Waals surface area contributed by atoms with Crippen molar-refractivity contribution in [2.75, 3.05) is 24.7 Å². The summed E-state index contributed by atoms with van der Waals surface area (Å²) in [4.78, 5) is 5.27. The summed E-state index contributed by atoms with van der Waals surface area (Å²) in [5.74, 6) is 0. The van der Waals surface area contributed by atoms with Crippen molar-refractivity contribution < 1.29 is 9.94 Å². The number of nitrogen functional groups attached to an aromatic ring is 2. The third-order valence-corrected chi connectivity index (χ3v) is 2.18. The fourth-order valence-electron chi connectivity index (χ4n) is 1.44. The normalized spacial score (nSPS) is 10.7. The molecular weight excluding hydrogens is 194 g/mol. The molecule has 0 saturated heterocycles. The molecule has 0 spiro atoms. The summed E-state index contributed by atoms with van der Waals surface area (Å²) in [6.07, 6.45) is 1.76. The third kappa shape index (κ3) is 1.69. The number of nitrogens with zero attached hydrogens (tertiary/aromatic N) is 1. The lowest BCUT2D eigenvalue weighted by Gasteiger charge is -2.07. The van der Waals surface area contributed by atoms with Gasteiger partial charge in [-0.15, -0.1) is 0 Å². The summed E-state index contributed by atoms with van der Waals surface area (Å²) >= 11 is 0. The van der Waals surface area contributed by atoms with Crippen LogP contribution in [0.2, 0.25) is 0 Å². The number of hydrogen-bond donors (Lipinski definition) is 3. The van der Waals surface area contributed by atoms with Crippen LogP contribution in [0.25, 0.3) is 10.9 Å². The van der Waals surface area contributed by atoms with Crippen LogP contribution >= 0.6 is 0 Å². The number of anilines is 2. The Morgan fingerprint density at radius 3 is 2.73 bits per heavy atom. The molecule has 0 fully saturated rings. The van der Waals surface area contributed by atoms with Crippen LogP contribution in [0.15, 0.2) is 24.4 Å². The number of aliphatic hydroxyl groups is 1.